The zero-order chi connectivity index (χ0) is 18.4. The minimum absolute atomic E-state index is 0.294. The maximum Gasteiger partial charge on any atom is 0.326 e. The number of carbonyl (C=O) groups is 3. The molecule has 0 aliphatic heterocycles. The van der Waals surface area contributed by atoms with Crippen molar-refractivity contribution >= 4 is 29.3 Å². The Labute approximate surface area is 150 Å². The number of aryl methyl sites for hydroxylation is 1. The summed E-state index contributed by atoms with van der Waals surface area (Å²) in [6, 6.07) is 13.3. The number of ketones is 1. The molecule has 5 nitrogen and oxygen atoms in total. The fraction of sp³-hybridized carbons (Fsp3) is 0.211. The molecule has 2 rings (SSSR count). The number of carbonyl (C=O) groups excluding carboxylic acids is 3. The largest absolute Gasteiger partial charge is 0.453 e. The lowest BCUT2D eigenvalue weighted by Gasteiger charge is -2.13. The molecule has 2 aromatic rings. The van der Waals surface area contributed by atoms with E-state index in [9.17, 15) is 14.4 Å². The number of amides is 1. The highest BCUT2D eigenvalue weighted by Gasteiger charge is 2.19. The molecular weight excluding hydrogens is 342 g/mol. The van der Waals surface area contributed by atoms with E-state index in [1.807, 2.05) is 19.1 Å². The summed E-state index contributed by atoms with van der Waals surface area (Å²) in [5.41, 5.74) is 1.88. The Morgan fingerprint density at radius 3 is 2.16 bits per heavy atom. The number of ether oxygens (including phenoxy) is 1. The molecule has 0 aliphatic rings. The summed E-state index contributed by atoms with van der Waals surface area (Å²) in [6.45, 7) is 3.09. The molecule has 2 aromatic carbocycles. The molecule has 1 atom stereocenters. The molecule has 0 fully saturated rings. The van der Waals surface area contributed by atoms with Crippen molar-refractivity contribution < 1.29 is 19.1 Å². The van der Waals surface area contributed by atoms with Crippen LogP contribution >= 0.6 is 11.6 Å². The molecule has 0 heterocycles. The Morgan fingerprint density at radius 2 is 1.56 bits per heavy atom. The average Bonchev–Trinajstić information content (AvgIpc) is 2.60. The lowest BCUT2D eigenvalue weighted by Crippen LogP contribution is -2.34. The summed E-state index contributed by atoms with van der Waals surface area (Å²) < 4.78 is 5.08. The van der Waals surface area contributed by atoms with E-state index in [2.05, 4.69) is 5.32 Å². The van der Waals surface area contributed by atoms with Crippen molar-refractivity contribution in [1.82, 2.24) is 5.32 Å². The van der Waals surface area contributed by atoms with E-state index in [0.29, 0.717) is 16.1 Å². The summed E-state index contributed by atoms with van der Waals surface area (Å²) in [4.78, 5) is 35.9. The van der Waals surface area contributed by atoms with E-state index in [1.165, 1.54) is 6.92 Å². The van der Waals surface area contributed by atoms with Crippen LogP contribution in [0.5, 0.6) is 0 Å². The van der Waals surface area contributed by atoms with Crippen molar-refractivity contribution in [2.75, 3.05) is 6.54 Å². The first kappa shape index (κ1) is 18.7. The Morgan fingerprint density at radius 1 is 1.00 bits per heavy atom. The quantitative estimate of drug-likeness (QED) is 0.635. The van der Waals surface area contributed by atoms with Gasteiger partial charge in [-0.15, -0.1) is 0 Å². The highest BCUT2D eigenvalue weighted by molar-refractivity contribution is 6.30. The molecule has 25 heavy (non-hydrogen) atoms. The number of nitrogens with one attached hydrogen (secondary N) is 1. The molecule has 0 spiro atoms. The maximum absolute atomic E-state index is 12.2. The molecule has 0 aliphatic carbocycles. The minimum Gasteiger partial charge on any atom is -0.453 e. The number of hydrogen-bond donors (Lipinski definition) is 1. The van der Waals surface area contributed by atoms with E-state index < -0.39 is 18.0 Å². The normalized spacial score (nSPS) is 11.5. The third kappa shape index (κ3) is 5.43. The van der Waals surface area contributed by atoms with Gasteiger partial charge in [0.2, 0.25) is 5.78 Å². The van der Waals surface area contributed by atoms with Gasteiger partial charge in [-0.05, 0) is 38.1 Å². The third-order valence-corrected chi connectivity index (χ3v) is 3.77. The SMILES string of the molecule is Cc1ccc(C(=O)[C@@H](C)OC(=O)CNC(=O)c2ccc(Cl)cc2)cc1. The predicted molar refractivity (Wildman–Crippen MR) is 94.8 cm³/mol. The number of Topliss-reactive ketones (excluding diaryl/α,β-unsaturated/α-hetero) is 1. The number of esters is 1. The fourth-order valence-electron chi connectivity index (χ4n) is 2.10. The van der Waals surface area contributed by atoms with Crippen LogP contribution in [0.25, 0.3) is 0 Å². The van der Waals surface area contributed by atoms with E-state index in [1.54, 1.807) is 36.4 Å². The summed E-state index contributed by atoms with van der Waals surface area (Å²) in [7, 11) is 0. The van der Waals surface area contributed by atoms with E-state index in [-0.39, 0.29) is 12.3 Å². The second kappa shape index (κ2) is 8.44. The van der Waals surface area contributed by atoms with Crippen LogP contribution in [0.1, 0.15) is 33.2 Å². The summed E-state index contributed by atoms with van der Waals surface area (Å²) >= 11 is 5.75. The number of halogens is 1. The van der Waals surface area contributed by atoms with Crippen LogP contribution in [0.2, 0.25) is 5.02 Å². The zero-order valence-electron chi connectivity index (χ0n) is 13.9. The van der Waals surface area contributed by atoms with Gasteiger partial charge in [0.05, 0.1) is 0 Å². The van der Waals surface area contributed by atoms with Crippen LogP contribution in [0.4, 0.5) is 0 Å². The van der Waals surface area contributed by atoms with Gasteiger partial charge in [0.15, 0.2) is 6.10 Å². The van der Waals surface area contributed by atoms with E-state index in [0.717, 1.165) is 5.56 Å². The average molecular weight is 360 g/mol. The van der Waals surface area contributed by atoms with Crippen molar-refractivity contribution in [1.29, 1.82) is 0 Å². The number of benzene rings is 2. The molecule has 0 radical (unpaired) electrons. The number of hydrogen-bond acceptors (Lipinski definition) is 4. The molecule has 0 saturated carbocycles. The van der Waals surface area contributed by atoms with Gasteiger partial charge in [0.1, 0.15) is 6.54 Å². The first-order valence-electron chi connectivity index (χ1n) is 7.71. The van der Waals surface area contributed by atoms with Gasteiger partial charge in [0.25, 0.3) is 5.91 Å². The molecule has 0 saturated heterocycles. The topological polar surface area (TPSA) is 72.5 Å². The Kier molecular flexibility index (Phi) is 6.31. The molecule has 0 aromatic heterocycles. The van der Waals surface area contributed by atoms with Crippen LogP contribution in [-0.4, -0.2) is 30.3 Å². The van der Waals surface area contributed by atoms with Crippen molar-refractivity contribution in [3.63, 3.8) is 0 Å². The van der Waals surface area contributed by atoms with Crippen LogP contribution in [0.15, 0.2) is 48.5 Å². The molecule has 1 amide bonds. The second-order valence-electron chi connectivity index (χ2n) is 5.55. The lowest BCUT2D eigenvalue weighted by molar-refractivity contribution is -0.145. The minimum atomic E-state index is -0.928. The van der Waals surface area contributed by atoms with Gasteiger partial charge in [-0.1, -0.05) is 41.4 Å². The molecule has 1 N–H and O–H groups in total. The summed E-state index contributed by atoms with van der Waals surface area (Å²) in [5, 5.41) is 2.96. The maximum atomic E-state index is 12.2. The number of rotatable bonds is 6. The fourth-order valence-corrected chi connectivity index (χ4v) is 2.23. The first-order chi connectivity index (χ1) is 11.9. The highest BCUT2D eigenvalue weighted by Crippen LogP contribution is 2.10. The smallest absolute Gasteiger partial charge is 0.326 e. The Balaban J connectivity index is 1.84. The van der Waals surface area contributed by atoms with Crippen molar-refractivity contribution in [2.24, 2.45) is 0 Å². The van der Waals surface area contributed by atoms with Crippen molar-refractivity contribution in [3.05, 3.63) is 70.2 Å². The lowest BCUT2D eigenvalue weighted by atomic mass is 10.1. The molecule has 6 heteroatoms. The second-order valence-corrected chi connectivity index (χ2v) is 5.99. The van der Waals surface area contributed by atoms with Gasteiger partial charge in [0, 0.05) is 16.1 Å². The monoisotopic (exact) mass is 359 g/mol. The van der Waals surface area contributed by atoms with Crippen LogP contribution in [0, 0.1) is 6.92 Å². The molecular formula is C19H18ClNO4. The molecule has 0 unspecified atom stereocenters. The highest BCUT2D eigenvalue weighted by atomic mass is 35.5. The van der Waals surface area contributed by atoms with Crippen molar-refractivity contribution in [3.8, 4) is 0 Å². The summed E-state index contributed by atoms with van der Waals surface area (Å²) in [5.74, 6) is -1.40. The predicted octanol–water partition coefficient (Wildman–Crippen LogP) is 3.19. The van der Waals surface area contributed by atoms with Gasteiger partial charge in [-0.2, -0.15) is 0 Å². The third-order valence-electron chi connectivity index (χ3n) is 3.51. The van der Waals surface area contributed by atoms with Gasteiger partial charge < -0.3 is 10.1 Å². The van der Waals surface area contributed by atoms with Gasteiger partial charge in [-0.25, -0.2) is 0 Å². The molecule has 0 bridgehead atoms. The summed E-state index contributed by atoms with van der Waals surface area (Å²) in [6.07, 6.45) is -0.928. The van der Waals surface area contributed by atoms with Gasteiger partial charge in [-0.3, -0.25) is 14.4 Å². The Hall–Kier alpha value is -2.66. The van der Waals surface area contributed by atoms with Crippen LogP contribution in [-0.2, 0) is 9.53 Å². The van der Waals surface area contributed by atoms with Gasteiger partial charge >= 0.3 is 5.97 Å². The van der Waals surface area contributed by atoms with Crippen LogP contribution < -0.4 is 5.32 Å². The van der Waals surface area contributed by atoms with Crippen molar-refractivity contribution in [2.45, 2.75) is 20.0 Å². The van der Waals surface area contributed by atoms with Crippen LogP contribution in [0.3, 0.4) is 0 Å². The van der Waals surface area contributed by atoms with E-state index >= 15 is 0 Å². The molecule has 130 valence electrons. The zero-order valence-corrected chi connectivity index (χ0v) is 14.7. The van der Waals surface area contributed by atoms with E-state index in [4.69, 9.17) is 16.3 Å². The standard InChI is InChI=1S/C19H18ClNO4/c1-12-3-5-14(6-4-12)18(23)13(2)25-17(22)11-21-19(24)15-7-9-16(20)10-8-15/h3-10,13H,11H2,1-2H3,(H,21,24)/t13-/m1/s1. The Bertz CT molecular complexity index is 769. The first-order valence-corrected chi connectivity index (χ1v) is 8.09.